The molecule has 0 atom stereocenters. The van der Waals surface area contributed by atoms with Gasteiger partial charge in [0.15, 0.2) is 0 Å². The molecule has 1 saturated heterocycles. The van der Waals surface area contributed by atoms with Crippen LogP contribution in [0, 0.1) is 0 Å². The van der Waals surface area contributed by atoms with Gasteiger partial charge < -0.3 is 14.5 Å². The molecule has 130 valence electrons. The van der Waals surface area contributed by atoms with Crippen molar-refractivity contribution in [1.29, 1.82) is 0 Å². The number of hydrogen-bond donors (Lipinski definition) is 1. The van der Waals surface area contributed by atoms with Crippen molar-refractivity contribution in [2.24, 2.45) is 0 Å². The van der Waals surface area contributed by atoms with Crippen molar-refractivity contribution < 1.29 is 13.9 Å². The molecule has 1 aliphatic rings. The van der Waals surface area contributed by atoms with Gasteiger partial charge in [-0.1, -0.05) is 24.0 Å². The molecule has 0 aliphatic carbocycles. The van der Waals surface area contributed by atoms with Gasteiger partial charge >= 0.3 is 6.01 Å². The van der Waals surface area contributed by atoms with Gasteiger partial charge in [-0.05, 0) is 13.0 Å². The van der Waals surface area contributed by atoms with Crippen molar-refractivity contribution >= 4 is 51.3 Å². The molecule has 26 heavy (non-hydrogen) atoms. The van der Waals surface area contributed by atoms with E-state index in [9.17, 15) is 4.79 Å². The molecule has 1 amide bonds. The molecule has 9 heteroatoms. The number of hydrogen-bond acceptors (Lipinski definition) is 8. The molecule has 0 radical (unpaired) electrons. The van der Waals surface area contributed by atoms with Crippen LogP contribution in [-0.4, -0.2) is 31.8 Å². The summed E-state index contributed by atoms with van der Waals surface area (Å²) in [6, 6.07) is 2.14. The molecule has 0 saturated carbocycles. The molecule has 0 bridgehead atoms. The number of thiocarbonyl (C=S) groups is 1. The lowest BCUT2D eigenvalue weighted by molar-refractivity contribution is -0.115. The third-order valence-electron chi connectivity index (χ3n) is 3.57. The number of nitrogens with one attached hydrogen (secondary N) is 1. The van der Waals surface area contributed by atoms with Crippen LogP contribution in [0.15, 0.2) is 40.2 Å². The van der Waals surface area contributed by atoms with Gasteiger partial charge in [0.1, 0.15) is 15.7 Å². The van der Waals surface area contributed by atoms with Crippen molar-refractivity contribution in [2.75, 3.05) is 6.61 Å². The molecule has 0 aromatic carbocycles. The molecule has 4 rings (SSSR count). The van der Waals surface area contributed by atoms with Crippen molar-refractivity contribution in [3.05, 3.63) is 41.5 Å². The molecule has 1 aliphatic heterocycles. The molecular formula is C17H12N4O3S2. The lowest BCUT2D eigenvalue weighted by Crippen LogP contribution is -2.17. The Morgan fingerprint density at radius 1 is 1.31 bits per heavy atom. The number of carbonyl (C=O) groups excluding carboxylic acids is 1. The predicted molar refractivity (Wildman–Crippen MR) is 103 cm³/mol. The van der Waals surface area contributed by atoms with Crippen molar-refractivity contribution in [1.82, 2.24) is 20.3 Å². The number of pyridine rings is 1. The van der Waals surface area contributed by atoms with Crippen molar-refractivity contribution in [2.45, 2.75) is 6.92 Å². The van der Waals surface area contributed by atoms with Crippen LogP contribution in [0.25, 0.3) is 28.2 Å². The van der Waals surface area contributed by atoms with Crippen LogP contribution in [0.1, 0.15) is 12.7 Å². The molecule has 0 spiro atoms. The fraction of sp³-hybridized carbons (Fsp3) is 0.118. The Morgan fingerprint density at radius 2 is 2.12 bits per heavy atom. The Balaban J connectivity index is 1.73. The van der Waals surface area contributed by atoms with E-state index in [0.29, 0.717) is 33.2 Å². The Hall–Kier alpha value is -2.78. The number of ether oxygens (including phenoxy) is 1. The summed E-state index contributed by atoms with van der Waals surface area (Å²) in [4.78, 5) is 24.9. The lowest BCUT2D eigenvalue weighted by Gasteiger charge is -2.03. The molecular weight excluding hydrogens is 372 g/mol. The summed E-state index contributed by atoms with van der Waals surface area (Å²) >= 11 is 6.20. The second-order valence-electron chi connectivity index (χ2n) is 5.29. The quantitative estimate of drug-likeness (QED) is 0.542. The van der Waals surface area contributed by atoms with Gasteiger partial charge in [-0.25, -0.2) is 9.97 Å². The van der Waals surface area contributed by atoms with E-state index in [4.69, 9.17) is 21.4 Å². The minimum Gasteiger partial charge on any atom is -0.464 e. The summed E-state index contributed by atoms with van der Waals surface area (Å²) in [6.07, 6.45) is 8.37. The van der Waals surface area contributed by atoms with E-state index < -0.39 is 0 Å². The van der Waals surface area contributed by atoms with Crippen LogP contribution in [0.3, 0.4) is 0 Å². The highest BCUT2D eigenvalue weighted by atomic mass is 32.2. The molecule has 3 aromatic rings. The number of fused-ring (bicyclic) bond motifs is 1. The van der Waals surface area contributed by atoms with E-state index in [1.165, 1.54) is 11.8 Å². The van der Waals surface area contributed by atoms with Crippen molar-refractivity contribution in [3.8, 4) is 17.1 Å². The minimum absolute atomic E-state index is 0.223. The number of aromatic nitrogens is 3. The zero-order valence-corrected chi connectivity index (χ0v) is 15.2. The Morgan fingerprint density at radius 3 is 2.81 bits per heavy atom. The van der Waals surface area contributed by atoms with Gasteiger partial charge in [-0.15, -0.1) is 0 Å². The number of nitrogens with zero attached hydrogens (tertiary/aromatic N) is 3. The summed E-state index contributed by atoms with van der Waals surface area (Å²) in [7, 11) is 0. The highest BCUT2D eigenvalue weighted by Gasteiger charge is 2.23. The summed E-state index contributed by atoms with van der Waals surface area (Å²) in [5.41, 5.74) is 2.16. The summed E-state index contributed by atoms with van der Waals surface area (Å²) in [5, 5.41) is 3.39. The van der Waals surface area contributed by atoms with E-state index >= 15 is 0 Å². The highest BCUT2D eigenvalue weighted by molar-refractivity contribution is 8.26. The van der Waals surface area contributed by atoms with E-state index in [0.717, 1.165) is 16.5 Å². The number of rotatable bonds is 4. The first-order valence-electron chi connectivity index (χ1n) is 7.71. The third-order valence-corrected chi connectivity index (χ3v) is 4.73. The fourth-order valence-electron chi connectivity index (χ4n) is 2.47. The maximum absolute atomic E-state index is 11.8. The van der Waals surface area contributed by atoms with Crippen LogP contribution >= 0.6 is 24.0 Å². The SMILES string of the molecule is CCOc1ncc(-c2cncc3cc(/C=C4\SC(=S)NC4=O)oc23)cn1. The Kier molecular flexibility index (Phi) is 4.39. The van der Waals surface area contributed by atoms with Crippen LogP contribution in [-0.2, 0) is 4.79 Å². The number of carbonyl (C=O) groups is 1. The third kappa shape index (κ3) is 3.18. The van der Waals surface area contributed by atoms with Crippen LogP contribution < -0.4 is 10.1 Å². The van der Waals surface area contributed by atoms with Crippen LogP contribution in [0.5, 0.6) is 6.01 Å². The topological polar surface area (TPSA) is 90.1 Å². The number of thioether (sulfide) groups is 1. The van der Waals surface area contributed by atoms with Gasteiger partial charge in [-0.2, -0.15) is 0 Å². The van der Waals surface area contributed by atoms with E-state index in [1.54, 1.807) is 30.9 Å². The highest BCUT2D eigenvalue weighted by Crippen LogP contribution is 2.32. The Bertz CT molecular complexity index is 1040. The Labute approximate surface area is 157 Å². The van der Waals surface area contributed by atoms with E-state index in [-0.39, 0.29) is 5.91 Å². The maximum atomic E-state index is 11.8. The first kappa shape index (κ1) is 16.7. The number of furan rings is 1. The molecule has 1 fully saturated rings. The summed E-state index contributed by atoms with van der Waals surface area (Å²) in [6.45, 7) is 2.37. The normalized spacial score (nSPS) is 15.7. The van der Waals surface area contributed by atoms with Crippen molar-refractivity contribution in [3.63, 3.8) is 0 Å². The van der Waals surface area contributed by atoms with Gasteiger partial charge in [0.2, 0.25) is 0 Å². The molecule has 1 N–H and O–H groups in total. The van der Waals surface area contributed by atoms with Crippen LogP contribution in [0.2, 0.25) is 0 Å². The molecule has 0 unspecified atom stereocenters. The summed E-state index contributed by atoms with van der Waals surface area (Å²) in [5.74, 6) is 0.321. The monoisotopic (exact) mass is 384 g/mol. The average Bonchev–Trinajstić information content (AvgIpc) is 3.18. The largest absolute Gasteiger partial charge is 0.464 e. The zero-order valence-electron chi connectivity index (χ0n) is 13.6. The first-order chi connectivity index (χ1) is 12.6. The molecule has 3 aromatic heterocycles. The fourth-order valence-corrected chi connectivity index (χ4v) is 3.49. The van der Waals surface area contributed by atoms with Gasteiger partial charge in [-0.3, -0.25) is 9.78 Å². The predicted octanol–water partition coefficient (Wildman–Crippen LogP) is 3.17. The zero-order chi connectivity index (χ0) is 18.1. The second kappa shape index (κ2) is 6.85. The average molecular weight is 384 g/mol. The first-order valence-corrected chi connectivity index (χ1v) is 8.94. The maximum Gasteiger partial charge on any atom is 0.316 e. The van der Waals surface area contributed by atoms with Gasteiger partial charge in [0.05, 0.1) is 11.5 Å². The molecule has 4 heterocycles. The van der Waals surface area contributed by atoms with E-state index in [1.807, 2.05) is 13.0 Å². The number of amides is 1. The van der Waals surface area contributed by atoms with Gasteiger partial charge in [0.25, 0.3) is 5.91 Å². The summed E-state index contributed by atoms with van der Waals surface area (Å²) < 4.78 is 11.6. The minimum atomic E-state index is -0.223. The lowest BCUT2D eigenvalue weighted by atomic mass is 10.1. The van der Waals surface area contributed by atoms with Crippen LogP contribution in [0.4, 0.5) is 0 Å². The second-order valence-corrected chi connectivity index (χ2v) is 7.01. The van der Waals surface area contributed by atoms with E-state index in [2.05, 4.69) is 20.3 Å². The smallest absolute Gasteiger partial charge is 0.316 e. The van der Waals surface area contributed by atoms with Gasteiger partial charge in [0, 0.05) is 47.4 Å². The standard InChI is InChI=1S/C17H12N4O3S2/c1-2-23-16-19-6-10(7-20-16)12-8-18-5-9-3-11(24-14(9)12)4-13-15(22)21-17(25)26-13/h3-8H,2H2,1H3,(H,21,22,25)/b13-4-. The molecule has 7 nitrogen and oxygen atoms in total.